The molecule has 0 radical (unpaired) electrons. The molecule has 2 aromatic rings. The van der Waals surface area contributed by atoms with Crippen LogP contribution in [0.3, 0.4) is 0 Å². The highest BCUT2D eigenvalue weighted by atomic mass is 79.9. The minimum absolute atomic E-state index is 0.292. The maximum absolute atomic E-state index is 13.5. The number of benzene rings is 2. The molecule has 0 bridgehead atoms. The van der Waals surface area contributed by atoms with Gasteiger partial charge >= 0.3 is 0 Å². The topological polar surface area (TPSA) is 20.2 Å². The van der Waals surface area contributed by atoms with E-state index in [4.69, 9.17) is 0 Å². The van der Waals surface area contributed by atoms with Crippen molar-refractivity contribution in [3.8, 4) is 0 Å². The van der Waals surface area contributed by atoms with Gasteiger partial charge < -0.3 is 5.11 Å². The van der Waals surface area contributed by atoms with Gasteiger partial charge in [-0.2, -0.15) is 0 Å². The Hall–Kier alpha value is -0.840. The molecule has 17 heavy (non-hydrogen) atoms. The van der Waals surface area contributed by atoms with Gasteiger partial charge in [-0.25, -0.2) is 4.39 Å². The van der Waals surface area contributed by atoms with Gasteiger partial charge in [0.15, 0.2) is 0 Å². The van der Waals surface area contributed by atoms with Crippen molar-refractivity contribution in [3.63, 3.8) is 0 Å². The molecule has 0 saturated heterocycles. The molecule has 0 amide bonds. The lowest BCUT2D eigenvalue weighted by atomic mass is 10.2. The summed E-state index contributed by atoms with van der Waals surface area (Å²) in [4.78, 5) is 1.73. The number of aliphatic hydroxyl groups is 1. The van der Waals surface area contributed by atoms with E-state index in [2.05, 4.69) is 15.9 Å². The highest BCUT2D eigenvalue weighted by Gasteiger charge is 2.09. The monoisotopic (exact) mass is 312 g/mol. The summed E-state index contributed by atoms with van der Waals surface area (Å²) in [5, 5.41) is 9.18. The predicted octanol–water partition coefficient (Wildman–Crippen LogP) is 4.23. The van der Waals surface area contributed by atoms with Gasteiger partial charge in [0.05, 0.1) is 6.61 Å². The zero-order valence-electron chi connectivity index (χ0n) is 8.86. The summed E-state index contributed by atoms with van der Waals surface area (Å²) in [6, 6.07) is 12.5. The van der Waals surface area contributed by atoms with Crippen molar-refractivity contribution in [2.75, 3.05) is 0 Å². The van der Waals surface area contributed by atoms with Gasteiger partial charge in [-0.15, -0.1) is 0 Å². The molecular formula is C13H10BrFOS. The average Bonchev–Trinajstić information content (AvgIpc) is 2.32. The number of aliphatic hydroxyl groups excluding tert-OH is 1. The van der Waals surface area contributed by atoms with Gasteiger partial charge in [0.1, 0.15) is 5.82 Å². The van der Waals surface area contributed by atoms with Crippen molar-refractivity contribution in [2.45, 2.75) is 16.4 Å². The molecule has 1 nitrogen and oxygen atoms in total. The van der Waals surface area contributed by atoms with Crippen LogP contribution in [0.4, 0.5) is 4.39 Å². The van der Waals surface area contributed by atoms with E-state index in [1.807, 2.05) is 24.3 Å². The van der Waals surface area contributed by atoms with E-state index in [-0.39, 0.29) is 12.4 Å². The molecule has 1 N–H and O–H groups in total. The van der Waals surface area contributed by atoms with Gasteiger partial charge in [0, 0.05) is 19.8 Å². The van der Waals surface area contributed by atoms with E-state index < -0.39 is 0 Å². The van der Waals surface area contributed by atoms with E-state index in [0.717, 1.165) is 14.3 Å². The number of halogens is 2. The van der Waals surface area contributed by atoms with Crippen LogP contribution in [0.25, 0.3) is 0 Å². The van der Waals surface area contributed by atoms with Crippen molar-refractivity contribution in [1.29, 1.82) is 0 Å². The Kier molecular flexibility index (Phi) is 4.20. The number of rotatable bonds is 3. The van der Waals surface area contributed by atoms with Gasteiger partial charge in [-0.05, 0) is 40.2 Å². The van der Waals surface area contributed by atoms with E-state index in [1.54, 1.807) is 12.1 Å². The molecule has 0 aliphatic carbocycles. The third-order valence-corrected chi connectivity index (χ3v) is 4.42. The molecule has 88 valence electrons. The Morgan fingerprint density at radius 2 is 1.76 bits per heavy atom. The van der Waals surface area contributed by atoms with Crippen LogP contribution in [-0.4, -0.2) is 5.11 Å². The predicted molar refractivity (Wildman–Crippen MR) is 70.6 cm³/mol. The van der Waals surface area contributed by atoms with Gasteiger partial charge in [-0.3, -0.25) is 0 Å². The molecular weight excluding hydrogens is 303 g/mol. The summed E-state index contributed by atoms with van der Waals surface area (Å²) >= 11 is 4.87. The molecule has 0 unspecified atom stereocenters. The number of hydrogen-bond acceptors (Lipinski definition) is 2. The van der Waals surface area contributed by atoms with Crippen LogP contribution in [0.5, 0.6) is 0 Å². The summed E-state index contributed by atoms with van der Waals surface area (Å²) < 4.78 is 14.4. The van der Waals surface area contributed by atoms with E-state index in [0.29, 0.717) is 5.56 Å². The van der Waals surface area contributed by atoms with Gasteiger partial charge in [0.25, 0.3) is 0 Å². The van der Waals surface area contributed by atoms with Crippen LogP contribution in [0, 0.1) is 5.82 Å². The lowest BCUT2D eigenvalue weighted by Crippen LogP contribution is -1.92. The van der Waals surface area contributed by atoms with Crippen LogP contribution >= 0.6 is 27.7 Å². The van der Waals surface area contributed by atoms with Crippen molar-refractivity contribution in [1.82, 2.24) is 0 Å². The highest BCUT2D eigenvalue weighted by molar-refractivity contribution is 9.10. The van der Waals surface area contributed by atoms with E-state index >= 15 is 0 Å². The molecule has 0 saturated carbocycles. The fraction of sp³-hybridized carbons (Fsp3) is 0.0769. The molecule has 4 heteroatoms. The second kappa shape index (κ2) is 5.67. The van der Waals surface area contributed by atoms with Crippen molar-refractivity contribution >= 4 is 27.7 Å². The Balaban J connectivity index is 2.37. The van der Waals surface area contributed by atoms with Crippen LogP contribution < -0.4 is 0 Å². The average molecular weight is 313 g/mol. The second-order valence-corrected chi connectivity index (χ2v) is 5.35. The largest absolute Gasteiger partial charge is 0.392 e. The normalized spacial score (nSPS) is 10.5. The lowest BCUT2D eigenvalue weighted by Gasteiger charge is -2.09. The third kappa shape index (κ3) is 2.89. The molecule has 2 aromatic carbocycles. The number of hydrogen-bond donors (Lipinski definition) is 1. The smallest absolute Gasteiger partial charge is 0.129 e. The zero-order valence-corrected chi connectivity index (χ0v) is 11.3. The quantitative estimate of drug-likeness (QED) is 0.915. The Morgan fingerprint density at radius 3 is 2.47 bits per heavy atom. The first-order valence-electron chi connectivity index (χ1n) is 5.03. The first-order chi connectivity index (χ1) is 8.22. The molecule has 0 fully saturated rings. The minimum atomic E-state index is -0.371. The minimum Gasteiger partial charge on any atom is -0.392 e. The molecule has 0 aliphatic heterocycles. The summed E-state index contributed by atoms with van der Waals surface area (Å²) in [7, 11) is 0. The van der Waals surface area contributed by atoms with Crippen molar-refractivity contribution < 1.29 is 9.50 Å². The summed E-state index contributed by atoms with van der Waals surface area (Å²) in [5.41, 5.74) is 0.341. The SMILES string of the molecule is OCc1c(F)cccc1Sc1ccccc1Br. The first kappa shape index (κ1) is 12.6. The fourth-order valence-corrected chi connectivity index (χ4v) is 2.94. The van der Waals surface area contributed by atoms with Crippen molar-refractivity contribution in [2.24, 2.45) is 0 Å². The highest BCUT2D eigenvalue weighted by Crippen LogP contribution is 2.35. The molecule has 2 rings (SSSR count). The molecule has 0 atom stereocenters. The van der Waals surface area contributed by atoms with Crippen LogP contribution in [-0.2, 0) is 6.61 Å². The Bertz CT molecular complexity index is 531. The maximum atomic E-state index is 13.5. The fourth-order valence-electron chi connectivity index (χ4n) is 1.43. The Labute approximate surface area is 112 Å². The summed E-state index contributed by atoms with van der Waals surface area (Å²) in [6.45, 7) is -0.292. The molecule has 0 aliphatic rings. The zero-order chi connectivity index (χ0) is 12.3. The molecule has 0 aromatic heterocycles. The second-order valence-electron chi connectivity index (χ2n) is 3.41. The van der Waals surface area contributed by atoms with Crippen LogP contribution in [0.2, 0.25) is 0 Å². The maximum Gasteiger partial charge on any atom is 0.129 e. The Morgan fingerprint density at radius 1 is 1.06 bits per heavy atom. The first-order valence-corrected chi connectivity index (χ1v) is 6.64. The van der Waals surface area contributed by atoms with E-state index in [9.17, 15) is 9.50 Å². The summed E-state index contributed by atoms with van der Waals surface area (Å²) in [5.74, 6) is -0.371. The van der Waals surface area contributed by atoms with Gasteiger partial charge in [0.2, 0.25) is 0 Å². The molecule has 0 spiro atoms. The van der Waals surface area contributed by atoms with E-state index in [1.165, 1.54) is 17.8 Å². The third-order valence-electron chi connectivity index (χ3n) is 2.29. The van der Waals surface area contributed by atoms with Gasteiger partial charge in [-0.1, -0.05) is 30.0 Å². The summed E-state index contributed by atoms with van der Waals surface area (Å²) in [6.07, 6.45) is 0. The van der Waals surface area contributed by atoms with Crippen LogP contribution in [0.1, 0.15) is 5.56 Å². The standard InChI is InChI=1S/C13H10BrFOS/c14-10-4-1-2-6-13(10)17-12-7-3-5-11(15)9(12)8-16/h1-7,16H,8H2. The van der Waals surface area contributed by atoms with Crippen molar-refractivity contribution in [3.05, 3.63) is 58.3 Å². The lowest BCUT2D eigenvalue weighted by molar-refractivity contribution is 0.272. The van der Waals surface area contributed by atoms with Crippen LogP contribution in [0.15, 0.2) is 56.7 Å². The molecule has 0 heterocycles.